The van der Waals surface area contributed by atoms with Crippen molar-refractivity contribution in [2.75, 3.05) is 4.90 Å². The molecule has 1 saturated heterocycles. The summed E-state index contributed by atoms with van der Waals surface area (Å²) in [6.07, 6.45) is 7.86. The van der Waals surface area contributed by atoms with E-state index in [0.717, 1.165) is 17.4 Å². The molecule has 2 bridgehead atoms. The lowest BCUT2D eigenvalue weighted by atomic mass is 9.63. The van der Waals surface area contributed by atoms with Gasteiger partial charge in [-0.05, 0) is 72.1 Å². The first kappa shape index (κ1) is 20.5. The van der Waals surface area contributed by atoms with Crippen molar-refractivity contribution in [1.29, 1.82) is 0 Å². The number of amides is 2. The van der Waals surface area contributed by atoms with Gasteiger partial charge < -0.3 is 0 Å². The molecular weight excluding hydrogens is 448 g/mol. The molecule has 2 saturated carbocycles. The van der Waals surface area contributed by atoms with E-state index in [1.54, 1.807) is 6.07 Å². The van der Waals surface area contributed by atoms with Gasteiger partial charge in [0.15, 0.2) is 5.78 Å². The van der Waals surface area contributed by atoms with E-state index in [1.165, 1.54) is 36.4 Å². The molecule has 0 radical (unpaired) electrons. The number of carbonyl (C=O) groups is 3. The third-order valence-corrected chi connectivity index (χ3v) is 7.80. The van der Waals surface area contributed by atoms with Crippen LogP contribution in [0.3, 0.4) is 0 Å². The summed E-state index contributed by atoms with van der Waals surface area (Å²) in [5.74, 6) is -2.08. The second-order valence-electron chi connectivity index (χ2n) is 9.20. The molecule has 1 aliphatic heterocycles. The predicted molar refractivity (Wildman–Crippen MR) is 118 cm³/mol. The Labute approximate surface area is 193 Å². The van der Waals surface area contributed by atoms with Gasteiger partial charge in [0.1, 0.15) is 11.6 Å². The van der Waals surface area contributed by atoms with E-state index in [9.17, 15) is 18.8 Å². The number of halogens is 3. The maximum atomic E-state index is 15.0. The molecule has 2 amide bonds. The number of rotatable bonds is 4. The molecule has 166 valence electrons. The lowest BCUT2D eigenvalue weighted by Crippen LogP contribution is -2.40. The summed E-state index contributed by atoms with van der Waals surface area (Å²) in [6.45, 7) is 0. The number of allylic oxidation sites excluding steroid dienone is 3. The SMILES string of the molecule is O=C(/C=C/c1ccc(N2C(=O)[C@@H]3[C@@H]4C=C[C@@H]([C@H]5C[C@@H]45)[C@@H]3C2=O)c(F)c1)c1ccc(F)c(Cl)c1. The predicted octanol–water partition coefficient (Wildman–Crippen LogP) is 5.07. The summed E-state index contributed by atoms with van der Waals surface area (Å²) in [5.41, 5.74) is 0.533. The van der Waals surface area contributed by atoms with Gasteiger partial charge in [-0.15, -0.1) is 0 Å². The molecule has 0 spiro atoms. The summed E-state index contributed by atoms with van der Waals surface area (Å²) < 4.78 is 28.3. The molecule has 2 aromatic carbocycles. The van der Waals surface area contributed by atoms with Crippen LogP contribution in [0.25, 0.3) is 6.08 Å². The molecule has 6 atom stereocenters. The van der Waals surface area contributed by atoms with Crippen molar-refractivity contribution in [3.63, 3.8) is 0 Å². The van der Waals surface area contributed by atoms with Crippen molar-refractivity contribution < 1.29 is 23.2 Å². The first-order valence-corrected chi connectivity index (χ1v) is 11.3. The Morgan fingerprint density at radius 3 is 2.21 bits per heavy atom. The number of ketones is 1. The van der Waals surface area contributed by atoms with E-state index < -0.39 is 29.3 Å². The zero-order valence-electron chi connectivity index (χ0n) is 17.3. The zero-order chi connectivity index (χ0) is 23.0. The van der Waals surface area contributed by atoms with Crippen LogP contribution in [0.1, 0.15) is 22.3 Å². The van der Waals surface area contributed by atoms with Crippen LogP contribution in [0.15, 0.2) is 54.6 Å². The van der Waals surface area contributed by atoms with Crippen molar-refractivity contribution in [3.05, 3.63) is 82.4 Å². The number of hydrogen-bond donors (Lipinski definition) is 0. The van der Waals surface area contributed by atoms with Gasteiger partial charge in [0, 0.05) is 5.56 Å². The maximum absolute atomic E-state index is 15.0. The smallest absolute Gasteiger partial charge is 0.238 e. The van der Waals surface area contributed by atoms with E-state index in [4.69, 9.17) is 11.6 Å². The average Bonchev–Trinajstić information content (AvgIpc) is 3.58. The highest BCUT2D eigenvalue weighted by atomic mass is 35.5. The fourth-order valence-electron chi connectivity index (χ4n) is 5.92. The Morgan fingerprint density at radius 2 is 1.61 bits per heavy atom. The fourth-order valence-corrected chi connectivity index (χ4v) is 6.10. The third-order valence-electron chi connectivity index (χ3n) is 7.51. The summed E-state index contributed by atoms with van der Waals surface area (Å²) in [7, 11) is 0. The molecule has 0 unspecified atom stereocenters. The molecule has 7 heteroatoms. The van der Waals surface area contributed by atoms with Gasteiger partial charge in [-0.1, -0.05) is 35.9 Å². The van der Waals surface area contributed by atoms with Crippen molar-refractivity contribution in [3.8, 4) is 0 Å². The number of carbonyl (C=O) groups excluding carboxylic acids is 3. The highest BCUT2D eigenvalue weighted by Gasteiger charge is 2.67. The number of imide groups is 1. The van der Waals surface area contributed by atoms with Gasteiger partial charge in [0.2, 0.25) is 11.8 Å². The van der Waals surface area contributed by atoms with Crippen molar-refractivity contribution in [2.45, 2.75) is 6.42 Å². The summed E-state index contributed by atoms with van der Waals surface area (Å²) in [5, 5.41) is -0.161. The topological polar surface area (TPSA) is 54.5 Å². The normalized spacial score (nSPS) is 31.3. The lowest BCUT2D eigenvalue weighted by Gasteiger charge is -2.37. The molecule has 3 fully saturated rings. The van der Waals surface area contributed by atoms with Crippen molar-refractivity contribution in [1.82, 2.24) is 0 Å². The minimum absolute atomic E-state index is 0.0544. The average molecular weight is 466 g/mol. The highest BCUT2D eigenvalue weighted by Crippen LogP contribution is 2.65. The molecule has 33 heavy (non-hydrogen) atoms. The Morgan fingerprint density at radius 1 is 0.939 bits per heavy atom. The van der Waals surface area contributed by atoms with Crippen LogP contribution in [0.5, 0.6) is 0 Å². The molecule has 1 heterocycles. The van der Waals surface area contributed by atoms with Crippen LogP contribution in [-0.4, -0.2) is 17.6 Å². The van der Waals surface area contributed by atoms with Crippen LogP contribution in [0.2, 0.25) is 5.02 Å². The molecule has 5 aliphatic rings. The minimum Gasteiger partial charge on any atom is -0.289 e. The Balaban J connectivity index is 1.24. The maximum Gasteiger partial charge on any atom is 0.238 e. The Bertz CT molecular complexity index is 1270. The van der Waals surface area contributed by atoms with E-state index in [1.807, 2.05) is 0 Å². The Kier molecular flexibility index (Phi) is 4.46. The minimum atomic E-state index is -0.708. The van der Waals surface area contributed by atoms with Crippen molar-refractivity contribution in [2.24, 2.45) is 35.5 Å². The summed E-state index contributed by atoms with van der Waals surface area (Å²) in [6, 6.07) is 7.77. The van der Waals surface area contributed by atoms with Crippen LogP contribution in [0, 0.1) is 47.1 Å². The van der Waals surface area contributed by atoms with Gasteiger partial charge in [-0.2, -0.15) is 0 Å². The number of anilines is 1. The third kappa shape index (κ3) is 3.04. The zero-order valence-corrected chi connectivity index (χ0v) is 18.0. The van der Waals surface area contributed by atoms with Gasteiger partial charge in [0.25, 0.3) is 0 Å². The molecule has 4 aliphatic carbocycles. The standard InChI is InChI=1S/C26H18ClF2NO3/c27-18-10-13(3-6-19(18)28)22(31)8-2-12-1-7-21(20(29)9-12)30-25(32)23-14-4-5-15(17-11-16(14)17)24(23)26(30)33/h1-10,14-17,23-24H,11H2/b8-2+/t14-,15+,16+,17-,23-,24+. The van der Waals surface area contributed by atoms with E-state index in [2.05, 4.69) is 12.2 Å². The molecule has 7 rings (SSSR count). The van der Waals surface area contributed by atoms with Crippen LogP contribution in [-0.2, 0) is 9.59 Å². The molecule has 4 nitrogen and oxygen atoms in total. The quantitative estimate of drug-likeness (QED) is 0.274. The molecular formula is C26H18ClF2NO3. The van der Waals surface area contributed by atoms with Gasteiger partial charge >= 0.3 is 0 Å². The van der Waals surface area contributed by atoms with Gasteiger partial charge in [-0.3, -0.25) is 14.4 Å². The molecule has 0 aromatic heterocycles. The van der Waals surface area contributed by atoms with Crippen LogP contribution < -0.4 is 4.90 Å². The number of hydrogen-bond acceptors (Lipinski definition) is 3. The monoisotopic (exact) mass is 465 g/mol. The Hall–Kier alpha value is -3.12. The lowest BCUT2D eigenvalue weighted by molar-refractivity contribution is -0.124. The van der Waals surface area contributed by atoms with Crippen molar-refractivity contribution >= 4 is 41.0 Å². The van der Waals surface area contributed by atoms with E-state index in [-0.39, 0.29) is 39.9 Å². The second-order valence-corrected chi connectivity index (χ2v) is 9.61. The summed E-state index contributed by atoms with van der Waals surface area (Å²) >= 11 is 5.71. The van der Waals surface area contributed by atoms with Gasteiger partial charge in [0.05, 0.1) is 22.5 Å². The fraction of sp³-hybridized carbons (Fsp3) is 0.269. The van der Waals surface area contributed by atoms with Gasteiger partial charge in [-0.25, -0.2) is 13.7 Å². The van der Waals surface area contributed by atoms with E-state index >= 15 is 4.39 Å². The second kappa shape index (κ2) is 7.19. The number of nitrogens with zero attached hydrogens (tertiary/aromatic N) is 1. The highest BCUT2D eigenvalue weighted by molar-refractivity contribution is 6.31. The molecule has 2 aromatic rings. The summed E-state index contributed by atoms with van der Waals surface area (Å²) in [4.78, 5) is 39.7. The van der Waals surface area contributed by atoms with E-state index in [0.29, 0.717) is 17.4 Å². The largest absolute Gasteiger partial charge is 0.289 e. The first-order valence-electron chi connectivity index (χ1n) is 10.9. The number of benzene rings is 2. The molecule has 0 N–H and O–H groups in total. The van der Waals surface area contributed by atoms with Crippen LogP contribution >= 0.6 is 11.6 Å². The van der Waals surface area contributed by atoms with Crippen LogP contribution in [0.4, 0.5) is 14.5 Å². The first-order chi connectivity index (χ1) is 15.8.